The van der Waals surface area contributed by atoms with Crippen molar-refractivity contribution in [3.05, 3.63) is 84.2 Å². The maximum atomic E-state index is 13.0. The van der Waals surface area contributed by atoms with Crippen LogP contribution in [0.2, 0.25) is 0 Å². The number of amides is 2. The number of fused-ring (bicyclic) bond motifs is 2. The first-order valence-electron chi connectivity index (χ1n) is 9.05. The number of rotatable bonds is 5. The minimum absolute atomic E-state index is 0.155. The molecule has 0 spiro atoms. The van der Waals surface area contributed by atoms with Gasteiger partial charge in [0, 0.05) is 30.3 Å². The first-order chi connectivity index (χ1) is 13.7. The Hall–Kier alpha value is -3.67. The Balaban J connectivity index is 1.43. The van der Waals surface area contributed by atoms with Crippen LogP contribution in [-0.4, -0.2) is 23.3 Å². The van der Waals surface area contributed by atoms with E-state index in [0.29, 0.717) is 17.2 Å². The molecule has 2 N–H and O–H groups in total. The van der Waals surface area contributed by atoms with Gasteiger partial charge in [-0.25, -0.2) is 0 Å². The Kier molecular flexibility index (Phi) is 5.01. The lowest BCUT2D eigenvalue weighted by molar-refractivity contribution is -0.122. The Morgan fingerprint density at radius 3 is 2.25 bits per heavy atom. The normalized spacial score (nSPS) is 12.3. The van der Waals surface area contributed by atoms with Crippen molar-refractivity contribution in [1.29, 1.82) is 0 Å². The molecule has 6 heteroatoms. The number of para-hydroxylation sites is 2. The number of ether oxygens (including phenoxy) is 1. The Bertz CT molecular complexity index is 959. The summed E-state index contributed by atoms with van der Waals surface area (Å²) in [6.07, 6.45) is 3.39. The van der Waals surface area contributed by atoms with E-state index in [1.165, 1.54) is 0 Å². The molecular formula is C22H19N3O3. The van der Waals surface area contributed by atoms with Gasteiger partial charge in [-0.15, -0.1) is 0 Å². The monoisotopic (exact) mass is 373 g/mol. The molecular weight excluding hydrogens is 354 g/mol. The van der Waals surface area contributed by atoms with Crippen molar-refractivity contribution in [1.82, 2.24) is 10.3 Å². The molecule has 28 heavy (non-hydrogen) atoms. The summed E-state index contributed by atoms with van der Waals surface area (Å²) in [5.41, 5.74) is 2.27. The molecule has 0 bridgehead atoms. The quantitative estimate of drug-likeness (QED) is 0.718. The Morgan fingerprint density at radius 2 is 1.61 bits per heavy atom. The summed E-state index contributed by atoms with van der Waals surface area (Å²) in [6.45, 7) is 0.243. The van der Waals surface area contributed by atoms with E-state index in [0.717, 1.165) is 11.1 Å². The van der Waals surface area contributed by atoms with Crippen molar-refractivity contribution in [3.63, 3.8) is 0 Å². The van der Waals surface area contributed by atoms with Gasteiger partial charge in [-0.2, -0.15) is 0 Å². The fourth-order valence-electron chi connectivity index (χ4n) is 3.25. The number of carbonyl (C=O) groups excluding carboxylic acids is 2. The average molecular weight is 373 g/mol. The number of benzene rings is 2. The number of pyridine rings is 1. The third-order valence-electron chi connectivity index (χ3n) is 4.54. The first-order valence-corrected chi connectivity index (χ1v) is 9.05. The van der Waals surface area contributed by atoms with Crippen molar-refractivity contribution in [2.75, 3.05) is 11.9 Å². The molecule has 0 atom stereocenters. The van der Waals surface area contributed by atoms with Crippen molar-refractivity contribution in [3.8, 4) is 11.5 Å². The number of anilines is 1. The lowest BCUT2D eigenvalue weighted by Crippen LogP contribution is -2.33. The molecule has 140 valence electrons. The van der Waals surface area contributed by atoms with Gasteiger partial charge in [0.1, 0.15) is 11.5 Å². The van der Waals surface area contributed by atoms with Gasteiger partial charge in [-0.05, 0) is 24.3 Å². The fourth-order valence-corrected chi connectivity index (χ4v) is 3.25. The van der Waals surface area contributed by atoms with Crippen LogP contribution >= 0.6 is 0 Å². The summed E-state index contributed by atoms with van der Waals surface area (Å²) in [4.78, 5) is 29.0. The van der Waals surface area contributed by atoms with E-state index in [-0.39, 0.29) is 24.8 Å². The summed E-state index contributed by atoms with van der Waals surface area (Å²) in [6, 6.07) is 18.5. The van der Waals surface area contributed by atoms with E-state index >= 15 is 0 Å². The number of aromatic nitrogens is 1. The van der Waals surface area contributed by atoms with Crippen LogP contribution in [0.5, 0.6) is 11.5 Å². The molecule has 0 unspecified atom stereocenters. The van der Waals surface area contributed by atoms with Gasteiger partial charge in [0.05, 0.1) is 17.8 Å². The number of hydrogen-bond donors (Lipinski definition) is 2. The highest BCUT2D eigenvalue weighted by Crippen LogP contribution is 2.43. The number of nitrogens with one attached hydrogen (secondary N) is 2. The van der Waals surface area contributed by atoms with E-state index in [1.807, 2.05) is 48.5 Å². The zero-order valence-electron chi connectivity index (χ0n) is 15.1. The predicted molar refractivity (Wildman–Crippen MR) is 105 cm³/mol. The smallest absolute Gasteiger partial charge is 0.232 e. The lowest BCUT2D eigenvalue weighted by Gasteiger charge is -2.27. The minimum atomic E-state index is -0.470. The van der Waals surface area contributed by atoms with Crippen LogP contribution in [-0.2, 0) is 9.59 Å². The van der Waals surface area contributed by atoms with Crippen LogP contribution in [0.15, 0.2) is 73.1 Å². The van der Waals surface area contributed by atoms with Crippen LogP contribution in [0.3, 0.4) is 0 Å². The van der Waals surface area contributed by atoms with E-state index in [4.69, 9.17) is 4.74 Å². The number of hydrogen-bond acceptors (Lipinski definition) is 4. The van der Waals surface area contributed by atoms with Gasteiger partial charge in [0.2, 0.25) is 11.8 Å². The zero-order chi connectivity index (χ0) is 19.3. The van der Waals surface area contributed by atoms with Crippen LogP contribution in [0.25, 0.3) is 0 Å². The molecule has 1 aliphatic heterocycles. The Labute approximate surface area is 162 Å². The second-order valence-corrected chi connectivity index (χ2v) is 6.44. The highest BCUT2D eigenvalue weighted by molar-refractivity contribution is 5.92. The Morgan fingerprint density at radius 1 is 0.929 bits per heavy atom. The number of nitrogens with zero attached hydrogens (tertiary/aromatic N) is 1. The van der Waals surface area contributed by atoms with Gasteiger partial charge in [0.25, 0.3) is 0 Å². The molecule has 0 saturated carbocycles. The van der Waals surface area contributed by atoms with Crippen molar-refractivity contribution in [2.24, 2.45) is 0 Å². The van der Waals surface area contributed by atoms with E-state index < -0.39 is 5.92 Å². The maximum Gasteiger partial charge on any atom is 0.232 e. The van der Waals surface area contributed by atoms with Crippen LogP contribution in [0.4, 0.5) is 5.69 Å². The largest absolute Gasteiger partial charge is 0.457 e. The van der Waals surface area contributed by atoms with Gasteiger partial charge in [-0.1, -0.05) is 36.4 Å². The number of carbonyl (C=O) groups is 2. The lowest BCUT2D eigenvalue weighted by atomic mass is 9.87. The van der Waals surface area contributed by atoms with Crippen LogP contribution in [0.1, 0.15) is 23.5 Å². The molecule has 3 aromatic rings. The third kappa shape index (κ3) is 3.71. The summed E-state index contributed by atoms with van der Waals surface area (Å²) in [5, 5.41) is 5.63. The van der Waals surface area contributed by atoms with Gasteiger partial charge < -0.3 is 15.4 Å². The average Bonchev–Trinajstić information content (AvgIpc) is 2.72. The van der Waals surface area contributed by atoms with Crippen LogP contribution in [0, 0.1) is 0 Å². The summed E-state index contributed by atoms with van der Waals surface area (Å²) < 4.78 is 5.92. The molecule has 2 amide bonds. The molecule has 0 saturated heterocycles. The second kappa shape index (κ2) is 7.92. The van der Waals surface area contributed by atoms with Gasteiger partial charge in [0.15, 0.2) is 0 Å². The highest BCUT2D eigenvalue weighted by atomic mass is 16.5. The summed E-state index contributed by atoms with van der Waals surface area (Å²) in [7, 11) is 0. The molecule has 1 aromatic heterocycles. The maximum absolute atomic E-state index is 13.0. The first kappa shape index (κ1) is 17.7. The molecule has 2 heterocycles. The highest BCUT2D eigenvalue weighted by Gasteiger charge is 2.32. The molecule has 4 rings (SSSR count). The zero-order valence-corrected chi connectivity index (χ0v) is 15.1. The summed E-state index contributed by atoms with van der Waals surface area (Å²) in [5.74, 6) is 0.548. The SMILES string of the molecule is O=C(CCNC(=O)C1c2ccccc2Oc2ccccc21)Nc1cccnc1. The van der Waals surface area contributed by atoms with Crippen molar-refractivity contribution in [2.45, 2.75) is 12.3 Å². The molecule has 2 aromatic carbocycles. The summed E-state index contributed by atoms with van der Waals surface area (Å²) >= 11 is 0. The van der Waals surface area contributed by atoms with E-state index in [1.54, 1.807) is 24.5 Å². The van der Waals surface area contributed by atoms with Crippen molar-refractivity contribution < 1.29 is 14.3 Å². The van der Waals surface area contributed by atoms with Gasteiger partial charge >= 0.3 is 0 Å². The molecule has 0 radical (unpaired) electrons. The van der Waals surface area contributed by atoms with E-state index in [2.05, 4.69) is 15.6 Å². The molecule has 0 fully saturated rings. The molecule has 0 aliphatic carbocycles. The fraction of sp³-hybridized carbons (Fsp3) is 0.136. The minimum Gasteiger partial charge on any atom is -0.457 e. The topological polar surface area (TPSA) is 80.3 Å². The van der Waals surface area contributed by atoms with Crippen LogP contribution < -0.4 is 15.4 Å². The van der Waals surface area contributed by atoms with Crippen molar-refractivity contribution >= 4 is 17.5 Å². The molecule has 6 nitrogen and oxygen atoms in total. The van der Waals surface area contributed by atoms with Gasteiger partial charge in [-0.3, -0.25) is 14.6 Å². The molecule has 1 aliphatic rings. The standard InChI is InChI=1S/C22H19N3O3/c26-20(25-15-6-5-12-23-14-15)11-13-24-22(27)21-16-7-1-3-9-18(16)28-19-10-4-2-8-17(19)21/h1-10,12,14,21H,11,13H2,(H,24,27)(H,25,26). The van der Waals surface area contributed by atoms with E-state index in [9.17, 15) is 9.59 Å². The third-order valence-corrected chi connectivity index (χ3v) is 4.54. The second-order valence-electron chi connectivity index (χ2n) is 6.44. The predicted octanol–water partition coefficient (Wildman–Crippen LogP) is 3.46.